The number of carbonyl (C=O) groups excluding carboxylic acids is 2. The van der Waals surface area contributed by atoms with Crippen LogP contribution in [0.15, 0.2) is 24.4 Å². The molecular formula is C24H32N6O2. The number of fused-ring (bicyclic) bond motifs is 1. The van der Waals surface area contributed by atoms with E-state index in [9.17, 15) is 9.59 Å². The van der Waals surface area contributed by atoms with E-state index in [-0.39, 0.29) is 24.3 Å². The fourth-order valence-electron chi connectivity index (χ4n) is 4.63. The van der Waals surface area contributed by atoms with Crippen LogP contribution >= 0.6 is 0 Å². The van der Waals surface area contributed by atoms with Gasteiger partial charge in [0.1, 0.15) is 11.6 Å². The Hall–Kier alpha value is -3.03. The van der Waals surface area contributed by atoms with Gasteiger partial charge < -0.3 is 15.1 Å². The minimum Gasteiger partial charge on any atom is -0.356 e. The summed E-state index contributed by atoms with van der Waals surface area (Å²) in [5.41, 5.74) is 3.39. The highest BCUT2D eigenvalue weighted by Gasteiger charge is 2.29. The van der Waals surface area contributed by atoms with E-state index in [1.165, 1.54) is 12.5 Å². The molecule has 1 atom stereocenters. The maximum Gasteiger partial charge on any atom is 0.241 e. The second kappa shape index (κ2) is 10.1. The number of anilines is 1. The minimum atomic E-state index is -0.189. The van der Waals surface area contributed by atoms with Crippen molar-refractivity contribution in [2.75, 3.05) is 37.6 Å². The Bertz CT molecular complexity index is 964. The van der Waals surface area contributed by atoms with Crippen LogP contribution in [0.3, 0.4) is 0 Å². The molecule has 32 heavy (non-hydrogen) atoms. The molecule has 1 N–H and O–H groups in total. The highest BCUT2D eigenvalue weighted by molar-refractivity contribution is 5.83. The number of nitrogens with one attached hydrogen (secondary N) is 1. The molecule has 1 fully saturated rings. The van der Waals surface area contributed by atoms with Gasteiger partial charge in [-0.3, -0.25) is 14.6 Å². The van der Waals surface area contributed by atoms with Crippen LogP contribution in [-0.2, 0) is 22.4 Å². The third-order valence-electron chi connectivity index (χ3n) is 6.36. The molecule has 0 bridgehead atoms. The first kappa shape index (κ1) is 22.2. The third-order valence-corrected chi connectivity index (χ3v) is 6.36. The van der Waals surface area contributed by atoms with Crippen molar-refractivity contribution in [1.29, 1.82) is 0 Å². The lowest BCUT2D eigenvalue weighted by Crippen LogP contribution is -2.44. The summed E-state index contributed by atoms with van der Waals surface area (Å²) in [6.45, 7) is 6.74. The van der Waals surface area contributed by atoms with E-state index >= 15 is 0 Å². The van der Waals surface area contributed by atoms with Gasteiger partial charge in [-0.15, -0.1) is 0 Å². The molecule has 0 unspecified atom stereocenters. The first-order valence-electron chi connectivity index (χ1n) is 11.6. The second-order valence-electron chi connectivity index (χ2n) is 8.72. The lowest BCUT2D eigenvalue weighted by molar-refractivity contribution is -0.133. The van der Waals surface area contributed by atoms with Crippen molar-refractivity contribution < 1.29 is 9.59 Å². The first-order valence-corrected chi connectivity index (χ1v) is 11.6. The number of piperidine rings is 1. The zero-order chi connectivity index (χ0) is 22.5. The SMILES string of the molecule is CC(=O)NCC(=O)N1CCC[C@@H](c2nc(C)c3c(n2)N(CCc2ccccn2)CCC3)C1. The number of likely N-dealkylation sites (tertiary alicyclic amines) is 1. The Morgan fingerprint density at radius 2 is 2.06 bits per heavy atom. The molecule has 2 aliphatic heterocycles. The van der Waals surface area contributed by atoms with Crippen molar-refractivity contribution in [3.05, 3.63) is 47.2 Å². The van der Waals surface area contributed by atoms with Crippen molar-refractivity contribution in [2.24, 2.45) is 0 Å². The number of carbonyl (C=O) groups is 2. The fraction of sp³-hybridized carbons (Fsp3) is 0.542. The average Bonchev–Trinajstić information content (AvgIpc) is 2.82. The number of hydrogen-bond donors (Lipinski definition) is 1. The summed E-state index contributed by atoms with van der Waals surface area (Å²) in [6.07, 6.45) is 6.72. The number of pyridine rings is 1. The Balaban J connectivity index is 1.49. The molecule has 0 radical (unpaired) electrons. The molecule has 2 aromatic heterocycles. The lowest BCUT2D eigenvalue weighted by Gasteiger charge is -2.34. The standard InChI is InChI=1S/C24H32N6O2/c1-17-21-9-6-12-29(14-10-20-8-3-4-11-25-20)24(21)28-23(27-17)19-7-5-13-30(16-19)22(32)15-26-18(2)31/h3-4,8,11,19H,5-7,9-10,12-16H2,1-2H3,(H,26,31)/t19-/m1/s1. The molecule has 0 aromatic carbocycles. The van der Waals surface area contributed by atoms with Crippen LogP contribution in [0.1, 0.15) is 54.9 Å². The summed E-state index contributed by atoms with van der Waals surface area (Å²) in [6, 6.07) is 6.03. The molecule has 2 amide bonds. The van der Waals surface area contributed by atoms with E-state index in [4.69, 9.17) is 9.97 Å². The molecule has 0 aliphatic carbocycles. The van der Waals surface area contributed by atoms with E-state index in [0.717, 1.165) is 74.8 Å². The van der Waals surface area contributed by atoms with Gasteiger partial charge >= 0.3 is 0 Å². The van der Waals surface area contributed by atoms with Gasteiger partial charge in [0.05, 0.1) is 6.54 Å². The Morgan fingerprint density at radius 1 is 1.19 bits per heavy atom. The highest BCUT2D eigenvalue weighted by Crippen LogP contribution is 2.31. The molecule has 1 saturated heterocycles. The van der Waals surface area contributed by atoms with Gasteiger partial charge in [0.15, 0.2) is 0 Å². The Kier molecular flexibility index (Phi) is 6.97. The largest absolute Gasteiger partial charge is 0.356 e. The predicted octanol–water partition coefficient (Wildman–Crippen LogP) is 2.02. The predicted molar refractivity (Wildman–Crippen MR) is 122 cm³/mol. The van der Waals surface area contributed by atoms with Crippen LogP contribution < -0.4 is 10.2 Å². The van der Waals surface area contributed by atoms with Gasteiger partial charge in [-0.05, 0) is 44.7 Å². The summed E-state index contributed by atoms with van der Waals surface area (Å²) in [4.78, 5) is 42.2. The second-order valence-corrected chi connectivity index (χ2v) is 8.72. The number of nitrogens with zero attached hydrogens (tertiary/aromatic N) is 5. The maximum absolute atomic E-state index is 12.5. The number of aromatic nitrogens is 3. The smallest absolute Gasteiger partial charge is 0.241 e. The van der Waals surface area contributed by atoms with E-state index < -0.39 is 0 Å². The van der Waals surface area contributed by atoms with Gasteiger partial charge in [0.25, 0.3) is 0 Å². The van der Waals surface area contributed by atoms with Gasteiger partial charge in [-0.25, -0.2) is 9.97 Å². The van der Waals surface area contributed by atoms with Crippen molar-refractivity contribution in [2.45, 2.75) is 51.9 Å². The van der Waals surface area contributed by atoms with Gasteiger partial charge in [0, 0.05) is 68.6 Å². The molecule has 8 heteroatoms. The lowest BCUT2D eigenvalue weighted by atomic mass is 9.96. The van der Waals surface area contributed by atoms with Crippen LogP contribution in [0, 0.1) is 6.92 Å². The van der Waals surface area contributed by atoms with Gasteiger partial charge in [-0.2, -0.15) is 0 Å². The Labute approximate surface area is 189 Å². The van der Waals surface area contributed by atoms with Crippen molar-refractivity contribution in [1.82, 2.24) is 25.2 Å². The van der Waals surface area contributed by atoms with Gasteiger partial charge in [0.2, 0.25) is 11.8 Å². The van der Waals surface area contributed by atoms with E-state index in [1.807, 2.05) is 23.2 Å². The molecule has 0 spiro atoms. The summed E-state index contributed by atoms with van der Waals surface area (Å²) in [5.74, 6) is 1.77. The molecule has 0 saturated carbocycles. The minimum absolute atomic E-state index is 0.0448. The average molecular weight is 437 g/mol. The molecule has 4 rings (SSSR count). The summed E-state index contributed by atoms with van der Waals surface area (Å²) in [5, 5.41) is 2.61. The molecule has 2 aromatic rings. The third kappa shape index (κ3) is 5.23. The molecule has 4 heterocycles. The van der Waals surface area contributed by atoms with Crippen molar-refractivity contribution in [3.8, 4) is 0 Å². The molecule has 170 valence electrons. The first-order chi connectivity index (χ1) is 15.5. The van der Waals surface area contributed by atoms with Crippen LogP contribution in [0.25, 0.3) is 0 Å². The summed E-state index contributed by atoms with van der Waals surface area (Å²) in [7, 11) is 0. The highest BCUT2D eigenvalue weighted by atomic mass is 16.2. The summed E-state index contributed by atoms with van der Waals surface area (Å²) >= 11 is 0. The molecular weight excluding hydrogens is 404 g/mol. The summed E-state index contributed by atoms with van der Waals surface area (Å²) < 4.78 is 0. The van der Waals surface area contributed by atoms with Gasteiger partial charge in [-0.1, -0.05) is 6.07 Å². The molecule has 2 aliphatic rings. The van der Waals surface area contributed by atoms with Crippen LogP contribution in [0.4, 0.5) is 5.82 Å². The van der Waals surface area contributed by atoms with E-state index in [1.54, 1.807) is 0 Å². The number of rotatable bonds is 6. The number of amides is 2. The maximum atomic E-state index is 12.5. The fourth-order valence-corrected chi connectivity index (χ4v) is 4.63. The van der Waals surface area contributed by atoms with Crippen LogP contribution in [-0.4, -0.2) is 64.4 Å². The normalized spacial score (nSPS) is 18.2. The Morgan fingerprint density at radius 3 is 2.84 bits per heavy atom. The topological polar surface area (TPSA) is 91.3 Å². The molecule has 8 nitrogen and oxygen atoms in total. The van der Waals surface area contributed by atoms with E-state index in [0.29, 0.717) is 6.54 Å². The zero-order valence-electron chi connectivity index (χ0n) is 19.0. The number of hydrogen-bond acceptors (Lipinski definition) is 6. The monoisotopic (exact) mass is 436 g/mol. The van der Waals surface area contributed by atoms with Crippen LogP contribution in [0.5, 0.6) is 0 Å². The van der Waals surface area contributed by atoms with Crippen molar-refractivity contribution in [3.63, 3.8) is 0 Å². The zero-order valence-corrected chi connectivity index (χ0v) is 19.0. The van der Waals surface area contributed by atoms with Crippen LogP contribution in [0.2, 0.25) is 0 Å². The van der Waals surface area contributed by atoms with E-state index in [2.05, 4.69) is 28.2 Å². The van der Waals surface area contributed by atoms with Crippen molar-refractivity contribution >= 4 is 17.6 Å². The quantitative estimate of drug-likeness (QED) is 0.745. The number of aryl methyl sites for hydroxylation is 1.